The second kappa shape index (κ2) is 11.0. The standard InChI is InChI=1S/C30H29FN2O3/c1-19(2)27-28(22-10-12-23(31)13-11-22)25-15-14-24(36-18-21-8-6-5-7-9-21)16-26(25)33-29(27)32-17-20(3)30(34)35-4/h5-16,20H,1,17-18H2,2-4H3,(H,32,33). The number of ether oxygens (including phenoxy) is 2. The molecule has 0 aliphatic carbocycles. The van der Waals surface area contributed by atoms with Crippen LogP contribution in [0.15, 0.2) is 79.4 Å². The Hall–Kier alpha value is -4.19. The molecule has 5 nitrogen and oxygen atoms in total. The average molecular weight is 485 g/mol. The number of pyridine rings is 1. The van der Waals surface area contributed by atoms with E-state index < -0.39 is 0 Å². The third-order valence-electron chi connectivity index (χ3n) is 5.94. The lowest BCUT2D eigenvalue weighted by Gasteiger charge is -2.20. The van der Waals surface area contributed by atoms with Crippen LogP contribution in [0.2, 0.25) is 0 Å². The topological polar surface area (TPSA) is 60.5 Å². The number of nitrogens with zero attached hydrogens (tertiary/aromatic N) is 1. The highest BCUT2D eigenvalue weighted by molar-refractivity contribution is 6.03. The third kappa shape index (κ3) is 5.54. The van der Waals surface area contributed by atoms with Crippen LogP contribution in [0.5, 0.6) is 5.75 Å². The van der Waals surface area contributed by atoms with Crippen molar-refractivity contribution in [1.29, 1.82) is 0 Å². The van der Waals surface area contributed by atoms with Crippen molar-refractivity contribution >= 4 is 28.3 Å². The van der Waals surface area contributed by atoms with E-state index in [0.717, 1.165) is 33.2 Å². The van der Waals surface area contributed by atoms with E-state index in [-0.39, 0.29) is 17.7 Å². The number of fused-ring (bicyclic) bond motifs is 1. The number of benzene rings is 3. The number of carbonyl (C=O) groups excluding carboxylic acids is 1. The quantitative estimate of drug-likeness (QED) is 0.263. The van der Waals surface area contributed by atoms with Crippen molar-refractivity contribution in [3.05, 3.63) is 96.3 Å². The Bertz CT molecular complexity index is 1390. The van der Waals surface area contributed by atoms with Gasteiger partial charge in [-0.1, -0.05) is 56.0 Å². The van der Waals surface area contributed by atoms with Gasteiger partial charge in [-0.05, 0) is 47.9 Å². The van der Waals surface area contributed by atoms with Crippen LogP contribution in [0.3, 0.4) is 0 Å². The first-order valence-electron chi connectivity index (χ1n) is 11.8. The molecule has 0 aliphatic rings. The Morgan fingerprint density at radius 1 is 1.08 bits per heavy atom. The Morgan fingerprint density at radius 2 is 1.81 bits per heavy atom. The molecule has 0 radical (unpaired) electrons. The zero-order chi connectivity index (χ0) is 25.7. The Balaban J connectivity index is 1.81. The van der Waals surface area contributed by atoms with E-state index in [4.69, 9.17) is 14.5 Å². The van der Waals surface area contributed by atoms with E-state index in [0.29, 0.717) is 30.2 Å². The van der Waals surface area contributed by atoms with Gasteiger partial charge in [0.2, 0.25) is 0 Å². The van der Waals surface area contributed by atoms with Crippen molar-refractivity contribution in [2.75, 3.05) is 19.0 Å². The summed E-state index contributed by atoms with van der Waals surface area (Å²) in [5.41, 5.74) is 5.09. The molecule has 4 rings (SSSR count). The number of methoxy groups -OCH3 is 1. The number of halogens is 1. The minimum atomic E-state index is -0.375. The van der Waals surface area contributed by atoms with Crippen LogP contribution >= 0.6 is 0 Å². The maximum absolute atomic E-state index is 13.7. The van der Waals surface area contributed by atoms with Gasteiger partial charge in [-0.15, -0.1) is 0 Å². The molecular formula is C30H29FN2O3. The van der Waals surface area contributed by atoms with Crippen LogP contribution in [0, 0.1) is 11.7 Å². The van der Waals surface area contributed by atoms with Gasteiger partial charge in [0.15, 0.2) is 0 Å². The maximum Gasteiger partial charge on any atom is 0.310 e. The van der Waals surface area contributed by atoms with E-state index in [1.165, 1.54) is 19.2 Å². The first-order chi connectivity index (χ1) is 17.4. The number of esters is 1. The fraction of sp³-hybridized carbons (Fsp3) is 0.200. The summed E-state index contributed by atoms with van der Waals surface area (Å²) in [6.45, 7) is 8.64. The van der Waals surface area contributed by atoms with Gasteiger partial charge in [-0.2, -0.15) is 0 Å². The molecule has 6 heteroatoms. The van der Waals surface area contributed by atoms with Crippen molar-refractivity contribution in [2.24, 2.45) is 5.92 Å². The van der Waals surface area contributed by atoms with E-state index >= 15 is 0 Å². The Morgan fingerprint density at radius 3 is 2.47 bits per heavy atom. The van der Waals surface area contributed by atoms with E-state index in [2.05, 4.69) is 11.9 Å². The number of nitrogens with one attached hydrogen (secondary N) is 1. The molecule has 184 valence electrons. The number of allylic oxidation sites excluding steroid dienone is 1. The number of hydrogen-bond donors (Lipinski definition) is 1. The molecule has 0 amide bonds. The van der Waals surface area contributed by atoms with E-state index in [1.807, 2.05) is 55.5 Å². The van der Waals surface area contributed by atoms with Crippen LogP contribution in [0.25, 0.3) is 27.6 Å². The highest BCUT2D eigenvalue weighted by Gasteiger charge is 2.20. The van der Waals surface area contributed by atoms with Gasteiger partial charge in [0, 0.05) is 29.1 Å². The summed E-state index contributed by atoms with van der Waals surface area (Å²) in [4.78, 5) is 16.9. The number of aromatic nitrogens is 1. The normalized spacial score (nSPS) is 11.7. The van der Waals surface area contributed by atoms with Gasteiger partial charge in [-0.25, -0.2) is 9.37 Å². The second-order valence-corrected chi connectivity index (χ2v) is 8.76. The zero-order valence-corrected chi connectivity index (χ0v) is 20.7. The van der Waals surface area contributed by atoms with Crippen molar-refractivity contribution < 1.29 is 18.7 Å². The molecule has 1 atom stereocenters. The molecule has 0 bridgehead atoms. The molecule has 0 saturated carbocycles. The maximum atomic E-state index is 13.7. The summed E-state index contributed by atoms with van der Waals surface area (Å²) in [5, 5.41) is 4.20. The molecule has 3 aromatic carbocycles. The van der Waals surface area contributed by atoms with Crippen molar-refractivity contribution in [1.82, 2.24) is 4.98 Å². The number of carbonyl (C=O) groups is 1. The highest BCUT2D eigenvalue weighted by Crippen LogP contribution is 2.39. The first kappa shape index (κ1) is 24.9. The third-order valence-corrected chi connectivity index (χ3v) is 5.94. The van der Waals surface area contributed by atoms with E-state index in [9.17, 15) is 9.18 Å². The molecular weight excluding hydrogens is 455 g/mol. The second-order valence-electron chi connectivity index (χ2n) is 8.76. The first-order valence-corrected chi connectivity index (χ1v) is 11.8. The van der Waals surface area contributed by atoms with E-state index in [1.54, 1.807) is 19.1 Å². The molecule has 0 spiro atoms. The number of rotatable bonds is 9. The van der Waals surface area contributed by atoms with Gasteiger partial charge >= 0.3 is 5.97 Å². The lowest BCUT2D eigenvalue weighted by molar-refractivity contribution is -0.144. The van der Waals surface area contributed by atoms with Crippen LogP contribution in [0.4, 0.5) is 10.2 Å². The lowest BCUT2D eigenvalue weighted by atomic mass is 9.92. The largest absolute Gasteiger partial charge is 0.489 e. The summed E-state index contributed by atoms with van der Waals surface area (Å²) in [6.07, 6.45) is 0. The molecule has 0 fully saturated rings. The van der Waals surface area contributed by atoms with Crippen LogP contribution in [-0.2, 0) is 16.1 Å². The van der Waals surface area contributed by atoms with Crippen molar-refractivity contribution in [3.63, 3.8) is 0 Å². The van der Waals surface area contributed by atoms with Gasteiger partial charge in [-0.3, -0.25) is 4.79 Å². The molecule has 36 heavy (non-hydrogen) atoms. The molecule has 1 heterocycles. The van der Waals surface area contributed by atoms with Gasteiger partial charge in [0.05, 0.1) is 18.5 Å². The average Bonchev–Trinajstić information content (AvgIpc) is 2.90. The summed E-state index contributed by atoms with van der Waals surface area (Å²) >= 11 is 0. The fourth-order valence-electron chi connectivity index (χ4n) is 4.07. The molecule has 0 aliphatic heterocycles. The van der Waals surface area contributed by atoms with Crippen LogP contribution < -0.4 is 10.1 Å². The van der Waals surface area contributed by atoms with Gasteiger partial charge in [0.25, 0.3) is 0 Å². The number of hydrogen-bond acceptors (Lipinski definition) is 5. The highest BCUT2D eigenvalue weighted by atomic mass is 19.1. The zero-order valence-electron chi connectivity index (χ0n) is 20.7. The van der Waals surface area contributed by atoms with Crippen LogP contribution in [-0.4, -0.2) is 24.6 Å². The molecule has 0 saturated heterocycles. The predicted octanol–water partition coefficient (Wildman–Crippen LogP) is 6.87. The summed E-state index contributed by atoms with van der Waals surface area (Å²) in [5.74, 6) is 0.276. The lowest BCUT2D eigenvalue weighted by Crippen LogP contribution is -2.22. The van der Waals surface area contributed by atoms with Crippen molar-refractivity contribution in [3.8, 4) is 16.9 Å². The summed E-state index contributed by atoms with van der Waals surface area (Å²) in [6, 6.07) is 22.1. The SMILES string of the molecule is C=C(C)c1c(NCC(C)C(=O)OC)nc2cc(OCc3ccccc3)ccc2c1-c1ccc(F)cc1. The Labute approximate surface area is 210 Å². The molecule has 1 N–H and O–H groups in total. The Kier molecular flexibility index (Phi) is 7.64. The molecule has 1 unspecified atom stereocenters. The minimum absolute atomic E-state index is 0.309. The minimum Gasteiger partial charge on any atom is -0.489 e. The van der Waals surface area contributed by atoms with Gasteiger partial charge in [0.1, 0.15) is 24.0 Å². The van der Waals surface area contributed by atoms with Gasteiger partial charge < -0.3 is 14.8 Å². The predicted molar refractivity (Wildman–Crippen MR) is 142 cm³/mol. The smallest absolute Gasteiger partial charge is 0.310 e. The summed E-state index contributed by atoms with van der Waals surface area (Å²) < 4.78 is 24.6. The fourth-order valence-corrected chi connectivity index (χ4v) is 4.07. The van der Waals surface area contributed by atoms with Crippen LogP contribution in [0.1, 0.15) is 25.0 Å². The molecule has 4 aromatic rings. The summed E-state index contributed by atoms with van der Waals surface area (Å²) in [7, 11) is 1.37. The number of anilines is 1. The monoisotopic (exact) mass is 484 g/mol. The molecule has 1 aromatic heterocycles. The van der Waals surface area contributed by atoms with Crippen molar-refractivity contribution in [2.45, 2.75) is 20.5 Å².